The van der Waals surface area contributed by atoms with Crippen LogP contribution in [0.5, 0.6) is 0 Å². The molecule has 0 radical (unpaired) electrons. The maximum absolute atomic E-state index is 5.44. The quantitative estimate of drug-likeness (QED) is 0.702. The molecule has 1 atom stereocenters. The smallest absolute Gasteiger partial charge is 0.110 e. The van der Waals surface area contributed by atoms with Crippen molar-refractivity contribution >= 4 is 11.3 Å². The third-order valence-electron chi connectivity index (χ3n) is 2.34. The molecule has 1 heterocycles. The Kier molecular flexibility index (Phi) is 5.83. The van der Waals surface area contributed by atoms with Crippen molar-refractivity contribution in [2.45, 2.75) is 39.2 Å². The Bertz CT molecular complexity index is 273. The molecule has 0 saturated carbocycles. The highest BCUT2D eigenvalue weighted by Crippen LogP contribution is 2.17. The number of hydrogen-bond donors (Lipinski definition) is 2. The van der Waals surface area contributed by atoms with Crippen molar-refractivity contribution in [1.29, 1.82) is 0 Å². The van der Waals surface area contributed by atoms with Gasteiger partial charge in [0.2, 0.25) is 0 Å². The summed E-state index contributed by atoms with van der Waals surface area (Å²) in [6.45, 7) is 6.07. The zero-order valence-corrected chi connectivity index (χ0v) is 10.4. The minimum Gasteiger partial charge on any atom is -0.330 e. The number of unbranched alkanes of at least 4 members (excludes halogenated alkanes) is 2. The second-order valence-corrected chi connectivity index (χ2v) is 4.74. The maximum atomic E-state index is 5.44. The number of hydrogen-bond acceptors (Lipinski definition) is 4. The van der Waals surface area contributed by atoms with E-state index < -0.39 is 0 Å². The summed E-state index contributed by atoms with van der Waals surface area (Å²) in [6.07, 6.45) is 3.55. The van der Waals surface area contributed by atoms with Crippen LogP contribution >= 0.6 is 11.3 Å². The molecule has 0 amide bonds. The molecule has 1 aromatic rings. The Morgan fingerprint density at radius 1 is 1.47 bits per heavy atom. The van der Waals surface area contributed by atoms with Gasteiger partial charge in [0.1, 0.15) is 5.01 Å². The van der Waals surface area contributed by atoms with Crippen molar-refractivity contribution in [3.05, 3.63) is 16.1 Å². The van der Waals surface area contributed by atoms with Crippen molar-refractivity contribution in [3.63, 3.8) is 0 Å². The first-order valence-electron chi connectivity index (χ1n) is 5.59. The highest BCUT2D eigenvalue weighted by atomic mass is 32.1. The maximum Gasteiger partial charge on any atom is 0.110 e. The lowest BCUT2D eigenvalue weighted by molar-refractivity contribution is 0.538. The minimum absolute atomic E-state index is 0.376. The van der Waals surface area contributed by atoms with E-state index in [0.717, 1.165) is 25.2 Å². The van der Waals surface area contributed by atoms with Gasteiger partial charge in [0.05, 0.1) is 6.04 Å². The third kappa shape index (κ3) is 4.73. The van der Waals surface area contributed by atoms with Crippen LogP contribution < -0.4 is 11.1 Å². The van der Waals surface area contributed by atoms with Crippen LogP contribution in [0.25, 0.3) is 0 Å². The fraction of sp³-hybridized carbons (Fsp3) is 0.727. The first kappa shape index (κ1) is 12.6. The van der Waals surface area contributed by atoms with Crippen molar-refractivity contribution in [2.24, 2.45) is 5.73 Å². The molecule has 0 aliphatic heterocycles. The predicted octanol–water partition coefficient (Wildman–Crippen LogP) is 2.23. The molecular weight excluding hydrogens is 206 g/mol. The van der Waals surface area contributed by atoms with Crippen molar-refractivity contribution in [2.75, 3.05) is 13.1 Å². The largest absolute Gasteiger partial charge is 0.330 e. The molecule has 0 aliphatic carbocycles. The van der Waals surface area contributed by atoms with Crippen LogP contribution in [0.15, 0.2) is 5.38 Å². The predicted molar refractivity (Wildman–Crippen MR) is 66.2 cm³/mol. The molecule has 0 aliphatic rings. The molecule has 0 spiro atoms. The molecule has 1 unspecified atom stereocenters. The van der Waals surface area contributed by atoms with Crippen LogP contribution in [-0.4, -0.2) is 18.1 Å². The molecule has 0 bridgehead atoms. The number of nitrogens with one attached hydrogen (secondary N) is 1. The first-order valence-corrected chi connectivity index (χ1v) is 6.47. The van der Waals surface area contributed by atoms with Crippen LogP contribution in [-0.2, 0) is 0 Å². The third-order valence-corrected chi connectivity index (χ3v) is 3.48. The number of nitrogens with zero attached hydrogens (tertiary/aromatic N) is 1. The fourth-order valence-electron chi connectivity index (χ4n) is 1.42. The van der Waals surface area contributed by atoms with Gasteiger partial charge in [-0.25, -0.2) is 4.98 Å². The van der Waals surface area contributed by atoms with Gasteiger partial charge in [-0.3, -0.25) is 0 Å². The van der Waals surface area contributed by atoms with Crippen LogP contribution in [0.3, 0.4) is 0 Å². The summed E-state index contributed by atoms with van der Waals surface area (Å²) in [7, 11) is 0. The number of nitrogens with two attached hydrogens (primary N) is 1. The molecule has 0 saturated heterocycles. The van der Waals surface area contributed by atoms with Crippen molar-refractivity contribution in [3.8, 4) is 0 Å². The van der Waals surface area contributed by atoms with Crippen LogP contribution in [0.2, 0.25) is 0 Å². The lowest BCUT2D eigenvalue weighted by Crippen LogP contribution is -2.19. The van der Waals surface area contributed by atoms with E-state index in [1.165, 1.54) is 17.8 Å². The second kappa shape index (κ2) is 6.93. The minimum atomic E-state index is 0.376. The van der Waals surface area contributed by atoms with Crippen LogP contribution in [0.1, 0.15) is 42.9 Å². The Balaban J connectivity index is 2.16. The van der Waals surface area contributed by atoms with E-state index in [-0.39, 0.29) is 0 Å². The Labute approximate surface area is 96.1 Å². The monoisotopic (exact) mass is 227 g/mol. The van der Waals surface area contributed by atoms with Gasteiger partial charge >= 0.3 is 0 Å². The van der Waals surface area contributed by atoms with E-state index in [9.17, 15) is 0 Å². The van der Waals surface area contributed by atoms with Gasteiger partial charge in [0.15, 0.2) is 0 Å². The molecule has 1 aromatic heterocycles. The van der Waals surface area contributed by atoms with E-state index in [1.807, 2.05) is 6.92 Å². The average molecular weight is 227 g/mol. The molecular formula is C11H21N3S. The van der Waals surface area contributed by atoms with Crippen LogP contribution in [0, 0.1) is 6.92 Å². The zero-order valence-electron chi connectivity index (χ0n) is 9.62. The van der Waals surface area contributed by atoms with Crippen molar-refractivity contribution in [1.82, 2.24) is 10.3 Å². The van der Waals surface area contributed by atoms with E-state index >= 15 is 0 Å². The summed E-state index contributed by atoms with van der Waals surface area (Å²) in [5.74, 6) is 0. The van der Waals surface area contributed by atoms with E-state index in [0.29, 0.717) is 6.04 Å². The lowest BCUT2D eigenvalue weighted by Gasteiger charge is -2.10. The highest BCUT2D eigenvalue weighted by Gasteiger charge is 2.07. The van der Waals surface area contributed by atoms with Gasteiger partial charge in [-0.05, 0) is 39.8 Å². The number of aryl methyl sites for hydroxylation is 1. The topological polar surface area (TPSA) is 50.9 Å². The van der Waals surface area contributed by atoms with Gasteiger partial charge in [-0.1, -0.05) is 6.42 Å². The Hall–Kier alpha value is -0.450. The van der Waals surface area contributed by atoms with Crippen LogP contribution in [0.4, 0.5) is 0 Å². The average Bonchev–Trinajstić information content (AvgIpc) is 2.64. The summed E-state index contributed by atoms with van der Waals surface area (Å²) in [5.41, 5.74) is 6.55. The number of aromatic nitrogens is 1. The molecule has 4 heteroatoms. The molecule has 3 N–H and O–H groups in total. The van der Waals surface area contributed by atoms with Gasteiger partial charge < -0.3 is 11.1 Å². The number of thiazole rings is 1. The van der Waals surface area contributed by atoms with Gasteiger partial charge in [0.25, 0.3) is 0 Å². The summed E-state index contributed by atoms with van der Waals surface area (Å²) in [5, 5.41) is 6.76. The highest BCUT2D eigenvalue weighted by molar-refractivity contribution is 7.09. The van der Waals surface area contributed by atoms with E-state index in [2.05, 4.69) is 22.6 Å². The second-order valence-electron chi connectivity index (χ2n) is 3.85. The normalized spacial score (nSPS) is 13.0. The standard InChI is InChI=1S/C11H21N3S/c1-9-8-15-11(14-9)10(2)13-7-5-3-4-6-12/h8,10,13H,3-7,12H2,1-2H3. The molecule has 0 fully saturated rings. The van der Waals surface area contributed by atoms with E-state index in [1.54, 1.807) is 11.3 Å². The summed E-state index contributed by atoms with van der Waals surface area (Å²) < 4.78 is 0. The number of rotatable bonds is 7. The van der Waals surface area contributed by atoms with E-state index in [4.69, 9.17) is 5.73 Å². The molecule has 15 heavy (non-hydrogen) atoms. The van der Waals surface area contributed by atoms with Gasteiger partial charge in [-0.2, -0.15) is 0 Å². The first-order chi connectivity index (χ1) is 7.24. The summed E-state index contributed by atoms with van der Waals surface area (Å²) >= 11 is 1.73. The SMILES string of the molecule is Cc1csc(C(C)NCCCCCN)n1. The Morgan fingerprint density at radius 2 is 2.27 bits per heavy atom. The molecule has 86 valence electrons. The van der Waals surface area contributed by atoms with Crippen molar-refractivity contribution < 1.29 is 0 Å². The molecule has 1 rings (SSSR count). The van der Waals surface area contributed by atoms with Gasteiger partial charge in [-0.15, -0.1) is 11.3 Å². The summed E-state index contributed by atoms with van der Waals surface area (Å²) in [6, 6.07) is 0.376. The summed E-state index contributed by atoms with van der Waals surface area (Å²) in [4.78, 5) is 4.46. The van der Waals surface area contributed by atoms with Gasteiger partial charge in [0, 0.05) is 11.1 Å². The molecule has 0 aromatic carbocycles. The Morgan fingerprint density at radius 3 is 2.87 bits per heavy atom. The zero-order chi connectivity index (χ0) is 11.1. The lowest BCUT2D eigenvalue weighted by atomic mass is 10.2. The molecule has 3 nitrogen and oxygen atoms in total. The fourth-order valence-corrected chi connectivity index (χ4v) is 2.25.